The molecule has 2 heterocycles. The van der Waals surface area contributed by atoms with Gasteiger partial charge in [0.15, 0.2) is 0 Å². The number of ether oxygens (including phenoxy) is 1. The predicted molar refractivity (Wildman–Crippen MR) is 200 cm³/mol. The molecule has 9 rings (SSSR count). The van der Waals surface area contributed by atoms with Crippen molar-refractivity contribution < 1.29 is 18.8 Å². The van der Waals surface area contributed by atoms with Crippen LogP contribution in [0.2, 0.25) is 0 Å². The third kappa shape index (κ3) is 4.74. The zero-order valence-corrected chi connectivity index (χ0v) is 33.0. The van der Waals surface area contributed by atoms with Crippen LogP contribution in [0.1, 0.15) is 150 Å². The van der Waals surface area contributed by atoms with Gasteiger partial charge < -0.3 is 14.2 Å². The smallest absolute Gasteiger partial charge is 0.302 e. The van der Waals surface area contributed by atoms with E-state index >= 15 is 4.79 Å². The van der Waals surface area contributed by atoms with Gasteiger partial charge in [-0.25, -0.2) is 0 Å². The second-order valence-electron chi connectivity index (χ2n) is 20.6. The van der Waals surface area contributed by atoms with Crippen molar-refractivity contribution in [3.05, 3.63) is 36.2 Å². The standard InChI is InChI=1S/C45H63N3O4/c1-28(49)51-35-19-20-42(5)33(40(35,2)3)18-21-44(7)34(42)16-15-31-36-30(41(4)23-24-41)17-22-45(36,26-25-43(31,44)6)39(50)48-27-11-14-32(48)38-46-37(47-52-38)29-12-9-8-10-13-29/h8-10,12-13,30-36H,11,14-27H2,1-7H3/t30-,31-,32-,33+,34-,35+,36-,42+,43-,44-,45+/m1/s1. The molecule has 1 aromatic heterocycles. The minimum atomic E-state index is -0.292. The van der Waals surface area contributed by atoms with E-state index in [0.29, 0.717) is 52.6 Å². The molecule has 7 fully saturated rings. The molecule has 0 spiro atoms. The van der Waals surface area contributed by atoms with E-state index in [1.165, 1.54) is 44.9 Å². The number of aromatic nitrogens is 2. The monoisotopic (exact) mass is 709 g/mol. The molecule has 1 amide bonds. The van der Waals surface area contributed by atoms with Crippen LogP contribution < -0.4 is 0 Å². The molecule has 0 unspecified atom stereocenters. The van der Waals surface area contributed by atoms with E-state index in [4.69, 9.17) is 14.2 Å². The molecule has 0 radical (unpaired) electrons. The summed E-state index contributed by atoms with van der Waals surface area (Å²) in [6.07, 6.45) is 16.0. The molecule has 0 bridgehead atoms. The number of carbonyl (C=O) groups is 2. The number of amides is 1. The van der Waals surface area contributed by atoms with Crippen molar-refractivity contribution >= 4 is 11.9 Å². The van der Waals surface area contributed by atoms with Crippen LogP contribution in [0, 0.1) is 62.1 Å². The van der Waals surface area contributed by atoms with Crippen LogP contribution in [-0.2, 0) is 14.3 Å². The number of hydrogen-bond donors (Lipinski definition) is 0. The van der Waals surface area contributed by atoms with E-state index < -0.39 is 0 Å². The van der Waals surface area contributed by atoms with Crippen molar-refractivity contribution in [1.82, 2.24) is 15.0 Å². The maximum atomic E-state index is 15.5. The van der Waals surface area contributed by atoms with Gasteiger partial charge in [0.2, 0.25) is 17.6 Å². The first-order valence-corrected chi connectivity index (χ1v) is 21.1. The Morgan fingerprint density at radius 1 is 0.788 bits per heavy atom. The Balaban J connectivity index is 1.04. The lowest BCUT2D eigenvalue weighted by atomic mass is 9.32. The molecule has 1 saturated heterocycles. The maximum absolute atomic E-state index is 15.5. The van der Waals surface area contributed by atoms with Gasteiger partial charge >= 0.3 is 5.97 Å². The highest BCUT2D eigenvalue weighted by atomic mass is 16.5. The molecule has 52 heavy (non-hydrogen) atoms. The zero-order valence-electron chi connectivity index (χ0n) is 33.0. The van der Waals surface area contributed by atoms with Crippen LogP contribution >= 0.6 is 0 Å². The summed E-state index contributed by atoms with van der Waals surface area (Å²) in [5.74, 6) is 4.30. The molecule has 6 saturated carbocycles. The number of benzene rings is 1. The van der Waals surface area contributed by atoms with Crippen molar-refractivity contribution in [2.24, 2.45) is 62.1 Å². The van der Waals surface area contributed by atoms with Crippen molar-refractivity contribution in [3.63, 3.8) is 0 Å². The number of hydrogen-bond acceptors (Lipinski definition) is 6. The number of nitrogens with zero attached hydrogens (tertiary/aromatic N) is 3. The summed E-state index contributed by atoms with van der Waals surface area (Å²) in [7, 11) is 0. The Morgan fingerprint density at radius 2 is 1.56 bits per heavy atom. The molecular weight excluding hydrogens is 647 g/mol. The van der Waals surface area contributed by atoms with Gasteiger partial charge in [-0.1, -0.05) is 77.0 Å². The zero-order chi connectivity index (χ0) is 36.5. The van der Waals surface area contributed by atoms with Crippen LogP contribution in [0.25, 0.3) is 11.4 Å². The van der Waals surface area contributed by atoms with Gasteiger partial charge in [-0.15, -0.1) is 0 Å². The molecule has 2 aromatic rings. The maximum Gasteiger partial charge on any atom is 0.302 e. The molecule has 1 aromatic carbocycles. The highest BCUT2D eigenvalue weighted by Gasteiger charge is 2.74. The van der Waals surface area contributed by atoms with Crippen LogP contribution in [-0.4, -0.2) is 39.6 Å². The van der Waals surface area contributed by atoms with Crippen molar-refractivity contribution in [2.45, 2.75) is 151 Å². The average Bonchev–Trinajstić information content (AvgIpc) is 3.50. The summed E-state index contributed by atoms with van der Waals surface area (Å²) in [6.45, 7) is 17.7. The topological polar surface area (TPSA) is 85.5 Å². The first-order chi connectivity index (χ1) is 24.7. The highest BCUT2D eigenvalue weighted by Crippen LogP contribution is 2.79. The fourth-order valence-corrected chi connectivity index (χ4v) is 15.3. The summed E-state index contributed by atoms with van der Waals surface area (Å²) in [6, 6.07) is 9.90. The summed E-state index contributed by atoms with van der Waals surface area (Å²) >= 11 is 0. The summed E-state index contributed by atoms with van der Waals surface area (Å²) in [5, 5.41) is 4.38. The Labute approximate surface area is 311 Å². The van der Waals surface area contributed by atoms with Crippen LogP contribution in [0.4, 0.5) is 0 Å². The summed E-state index contributed by atoms with van der Waals surface area (Å²) < 4.78 is 12.0. The highest BCUT2D eigenvalue weighted by molar-refractivity contribution is 5.84. The lowest BCUT2D eigenvalue weighted by Gasteiger charge is -2.73. The minimum absolute atomic E-state index is 0.00528. The fourth-order valence-electron chi connectivity index (χ4n) is 15.3. The SMILES string of the molecule is CC(=O)O[C@H]1CC[C@]2(C)[C@H]3CC[C@@H]4[C@H]5[C@H](C6(C)CC6)CC[C@]5(C(=O)N5CCC[C@@H]5c5nc(-c6ccccc6)no5)CC[C@@]4(C)[C@]3(C)CC[C@H]2C1(C)C. The van der Waals surface area contributed by atoms with Gasteiger partial charge in [0.1, 0.15) is 12.1 Å². The first kappa shape index (κ1) is 35.0. The number of fused-ring (bicyclic) bond motifs is 7. The number of likely N-dealkylation sites (tertiary alicyclic amines) is 1. The van der Waals surface area contributed by atoms with Crippen LogP contribution in [0.15, 0.2) is 34.9 Å². The largest absolute Gasteiger partial charge is 0.462 e. The van der Waals surface area contributed by atoms with Gasteiger partial charge in [0, 0.05) is 24.4 Å². The van der Waals surface area contributed by atoms with Gasteiger partial charge in [-0.05, 0) is 141 Å². The average molecular weight is 710 g/mol. The quantitative estimate of drug-likeness (QED) is 0.287. The van der Waals surface area contributed by atoms with E-state index in [1.54, 1.807) is 6.92 Å². The minimum Gasteiger partial charge on any atom is -0.462 e. The fraction of sp³-hybridized carbons (Fsp3) is 0.778. The third-order valence-electron chi connectivity index (χ3n) is 18.3. The van der Waals surface area contributed by atoms with Crippen LogP contribution in [0.3, 0.4) is 0 Å². The lowest BCUT2D eigenvalue weighted by Crippen LogP contribution is -2.67. The van der Waals surface area contributed by atoms with E-state index in [0.717, 1.165) is 57.1 Å². The van der Waals surface area contributed by atoms with Crippen molar-refractivity contribution in [2.75, 3.05) is 6.54 Å². The van der Waals surface area contributed by atoms with Gasteiger partial charge in [0.25, 0.3) is 0 Å². The number of carbonyl (C=O) groups excluding carboxylic acids is 2. The van der Waals surface area contributed by atoms with Crippen molar-refractivity contribution in [1.29, 1.82) is 0 Å². The molecule has 11 atom stereocenters. The Morgan fingerprint density at radius 3 is 2.29 bits per heavy atom. The molecule has 7 nitrogen and oxygen atoms in total. The molecule has 7 aliphatic rings. The molecule has 282 valence electrons. The van der Waals surface area contributed by atoms with E-state index in [9.17, 15) is 4.79 Å². The Hall–Kier alpha value is -2.70. The van der Waals surface area contributed by atoms with Gasteiger partial charge in [-0.3, -0.25) is 9.59 Å². The normalized spacial score (nSPS) is 44.2. The lowest BCUT2D eigenvalue weighted by molar-refractivity contribution is -0.251. The predicted octanol–water partition coefficient (Wildman–Crippen LogP) is 10.2. The van der Waals surface area contributed by atoms with Crippen molar-refractivity contribution in [3.8, 4) is 11.4 Å². The summed E-state index contributed by atoms with van der Waals surface area (Å²) in [4.78, 5) is 34.8. The van der Waals surface area contributed by atoms with Gasteiger partial charge in [0.05, 0.1) is 5.41 Å². The second-order valence-corrected chi connectivity index (χ2v) is 20.6. The van der Waals surface area contributed by atoms with Crippen LogP contribution in [0.5, 0.6) is 0 Å². The van der Waals surface area contributed by atoms with E-state index in [-0.39, 0.29) is 45.2 Å². The first-order valence-electron chi connectivity index (χ1n) is 21.1. The summed E-state index contributed by atoms with van der Waals surface area (Å²) in [5.41, 5.74) is 1.66. The Kier molecular flexibility index (Phi) is 7.85. The Bertz CT molecular complexity index is 1730. The second kappa shape index (κ2) is 11.7. The molecule has 0 N–H and O–H groups in total. The third-order valence-corrected chi connectivity index (χ3v) is 18.3. The molecule has 1 aliphatic heterocycles. The van der Waals surface area contributed by atoms with Gasteiger partial charge in [-0.2, -0.15) is 4.98 Å². The molecule has 6 aliphatic carbocycles. The number of esters is 1. The van der Waals surface area contributed by atoms with E-state index in [2.05, 4.69) is 51.6 Å². The number of rotatable bonds is 5. The molecule has 7 heteroatoms. The molecular formula is C45H63N3O4. The van der Waals surface area contributed by atoms with E-state index in [1.807, 2.05) is 30.3 Å².